The third-order valence-corrected chi connectivity index (χ3v) is 7.08. The molecule has 1 saturated heterocycles. The number of methoxy groups -OCH3 is 2. The summed E-state index contributed by atoms with van der Waals surface area (Å²) in [6.45, 7) is 5.74. The second-order valence-corrected chi connectivity index (χ2v) is 9.77. The molecule has 204 valence electrons. The first kappa shape index (κ1) is 26.7. The van der Waals surface area contributed by atoms with Gasteiger partial charge in [0.2, 0.25) is 0 Å². The van der Waals surface area contributed by atoms with E-state index < -0.39 is 5.82 Å². The Kier molecular flexibility index (Phi) is 8.44. The zero-order valence-corrected chi connectivity index (χ0v) is 22.7. The van der Waals surface area contributed by atoms with Crippen LogP contribution >= 0.6 is 0 Å². The van der Waals surface area contributed by atoms with Crippen LogP contribution < -0.4 is 14.2 Å². The normalized spacial score (nSPS) is 14.4. The smallest absolute Gasteiger partial charge is 0.165 e. The Bertz CT molecular complexity index is 1330. The van der Waals surface area contributed by atoms with Crippen molar-refractivity contribution >= 4 is 0 Å². The van der Waals surface area contributed by atoms with Crippen molar-refractivity contribution in [1.29, 1.82) is 0 Å². The number of hydrogen-bond donors (Lipinski definition) is 1. The SMILES string of the molecule is COc1cccc(-c2nc(-c3ccc(OCCCN4CCN(C)CC4)c(F)c3)[nH]c2-c2cccc(OC)c2)c1. The molecule has 4 aromatic rings. The summed E-state index contributed by atoms with van der Waals surface area (Å²) in [7, 11) is 5.42. The molecule has 39 heavy (non-hydrogen) atoms. The van der Waals surface area contributed by atoms with Crippen LogP contribution in [0.1, 0.15) is 6.42 Å². The summed E-state index contributed by atoms with van der Waals surface area (Å²) in [5, 5.41) is 0. The highest BCUT2D eigenvalue weighted by atomic mass is 19.1. The third kappa shape index (κ3) is 6.41. The number of H-pyrrole nitrogens is 1. The summed E-state index contributed by atoms with van der Waals surface area (Å²) in [4.78, 5) is 13.1. The number of likely N-dealkylation sites (N-methyl/N-ethyl adjacent to an activating group) is 1. The zero-order valence-electron chi connectivity index (χ0n) is 22.7. The molecule has 1 aliphatic rings. The average molecular weight is 531 g/mol. The number of piperazine rings is 1. The highest BCUT2D eigenvalue weighted by Crippen LogP contribution is 2.36. The molecule has 7 nitrogen and oxygen atoms in total. The number of aromatic amines is 1. The van der Waals surface area contributed by atoms with Crippen molar-refractivity contribution in [2.45, 2.75) is 6.42 Å². The van der Waals surface area contributed by atoms with Crippen molar-refractivity contribution in [2.24, 2.45) is 0 Å². The van der Waals surface area contributed by atoms with Crippen molar-refractivity contribution in [2.75, 3.05) is 60.6 Å². The van der Waals surface area contributed by atoms with Crippen LogP contribution in [0.15, 0.2) is 66.7 Å². The predicted molar refractivity (Wildman–Crippen MR) is 152 cm³/mol. The molecular weight excluding hydrogens is 495 g/mol. The molecular formula is C31H35FN4O3. The van der Waals surface area contributed by atoms with Crippen molar-refractivity contribution < 1.29 is 18.6 Å². The number of imidazole rings is 1. The zero-order chi connectivity index (χ0) is 27.2. The lowest BCUT2D eigenvalue weighted by Gasteiger charge is -2.32. The fourth-order valence-corrected chi connectivity index (χ4v) is 4.78. The molecule has 3 aromatic carbocycles. The predicted octanol–water partition coefficient (Wildman–Crippen LogP) is 5.58. The van der Waals surface area contributed by atoms with Crippen LogP contribution in [-0.2, 0) is 0 Å². The van der Waals surface area contributed by atoms with E-state index in [1.54, 1.807) is 20.3 Å². The highest BCUT2D eigenvalue weighted by Gasteiger charge is 2.18. The van der Waals surface area contributed by atoms with Gasteiger partial charge in [-0.2, -0.15) is 0 Å². The van der Waals surface area contributed by atoms with Gasteiger partial charge in [-0.1, -0.05) is 24.3 Å². The second-order valence-electron chi connectivity index (χ2n) is 9.77. The van der Waals surface area contributed by atoms with Gasteiger partial charge in [0.05, 0.1) is 32.2 Å². The molecule has 0 unspecified atom stereocenters. The Hall–Kier alpha value is -3.88. The van der Waals surface area contributed by atoms with E-state index in [2.05, 4.69) is 21.8 Å². The first-order chi connectivity index (χ1) is 19.0. The lowest BCUT2D eigenvalue weighted by Crippen LogP contribution is -2.44. The highest BCUT2D eigenvalue weighted by molar-refractivity contribution is 5.82. The van der Waals surface area contributed by atoms with Gasteiger partial charge >= 0.3 is 0 Å². The Morgan fingerprint density at radius 2 is 1.54 bits per heavy atom. The minimum atomic E-state index is -0.408. The van der Waals surface area contributed by atoms with Crippen LogP contribution in [0.25, 0.3) is 33.9 Å². The fourth-order valence-electron chi connectivity index (χ4n) is 4.78. The van der Waals surface area contributed by atoms with E-state index in [9.17, 15) is 0 Å². The van der Waals surface area contributed by atoms with Gasteiger partial charge in [0.1, 0.15) is 17.3 Å². The number of halogens is 1. The summed E-state index contributed by atoms with van der Waals surface area (Å²) < 4.78 is 31.8. The molecule has 0 atom stereocenters. The molecule has 0 amide bonds. The van der Waals surface area contributed by atoms with E-state index in [1.807, 2.05) is 54.6 Å². The van der Waals surface area contributed by atoms with Crippen molar-refractivity contribution in [3.8, 4) is 51.2 Å². The number of aromatic nitrogens is 2. The number of nitrogens with one attached hydrogen (secondary N) is 1. The standard InChI is InChI=1S/C31H35FN4O3/c1-35-14-16-36(17-15-35)13-6-18-39-28-12-11-24(21-27(28)32)31-33-29(22-7-4-9-25(19-22)37-2)30(34-31)23-8-5-10-26(20-23)38-3/h4-5,7-12,19-21H,6,13-18H2,1-3H3,(H,33,34). The number of hydrogen-bond acceptors (Lipinski definition) is 6. The Balaban J connectivity index is 1.36. The summed E-state index contributed by atoms with van der Waals surface area (Å²) in [5.41, 5.74) is 3.97. The van der Waals surface area contributed by atoms with E-state index in [1.165, 1.54) is 6.07 Å². The quantitative estimate of drug-likeness (QED) is 0.270. The second kappa shape index (κ2) is 12.3. The molecule has 1 aromatic heterocycles. The largest absolute Gasteiger partial charge is 0.497 e. The van der Waals surface area contributed by atoms with Crippen molar-refractivity contribution in [1.82, 2.24) is 19.8 Å². The van der Waals surface area contributed by atoms with Crippen LogP contribution in [0, 0.1) is 5.82 Å². The van der Waals surface area contributed by atoms with Crippen LogP contribution in [0.4, 0.5) is 4.39 Å². The summed E-state index contributed by atoms with van der Waals surface area (Å²) in [6.07, 6.45) is 0.858. The molecule has 1 N–H and O–H groups in total. The third-order valence-electron chi connectivity index (χ3n) is 7.08. The molecule has 0 aliphatic carbocycles. The van der Waals surface area contributed by atoms with Gasteiger partial charge in [-0.3, -0.25) is 0 Å². The molecule has 1 fully saturated rings. The maximum Gasteiger partial charge on any atom is 0.165 e. The van der Waals surface area contributed by atoms with Gasteiger partial charge in [0, 0.05) is 49.4 Å². The Morgan fingerprint density at radius 1 is 0.846 bits per heavy atom. The molecule has 2 heterocycles. The lowest BCUT2D eigenvalue weighted by atomic mass is 10.0. The molecule has 8 heteroatoms. The van der Waals surface area contributed by atoms with Gasteiger partial charge in [-0.15, -0.1) is 0 Å². The van der Waals surface area contributed by atoms with E-state index in [-0.39, 0.29) is 5.75 Å². The summed E-state index contributed by atoms with van der Waals surface area (Å²) in [6, 6.07) is 20.5. The maximum absolute atomic E-state index is 15.1. The van der Waals surface area contributed by atoms with E-state index in [0.717, 1.165) is 73.2 Å². The van der Waals surface area contributed by atoms with Crippen molar-refractivity contribution in [3.63, 3.8) is 0 Å². The van der Waals surface area contributed by atoms with E-state index >= 15 is 4.39 Å². The molecule has 0 bridgehead atoms. The van der Waals surface area contributed by atoms with Crippen LogP contribution in [-0.4, -0.2) is 80.4 Å². The molecule has 0 spiro atoms. The van der Waals surface area contributed by atoms with Crippen molar-refractivity contribution in [3.05, 3.63) is 72.5 Å². The number of ether oxygens (including phenoxy) is 3. The number of nitrogens with zero attached hydrogens (tertiary/aromatic N) is 3. The first-order valence-corrected chi connectivity index (χ1v) is 13.3. The van der Waals surface area contributed by atoms with E-state index in [0.29, 0.717) is 18.0 Å². The van der Waals surface area contributed by atoms with Gasteiger partial charge in [0.15, 0.2) is 11.6 Å². The fraction of sp³-hybridized carbons (Fsp3) is 0.323. The lowest BCUT2D eigenvalue weighted by molar-refractivity contribution is 0.145. The molecule has 0 saturated carbocycles. The van der Waals surface area contributed by atoms with Crippen LogP contribution in [0.5, 0.6) is 17.2 Å². The molecule has 5 rings (SSSR count). The van der Waals surface area contributed by atoms with Gasteiger partial charge in [0.25, 0.3) is 0 Å². The summed E-state index contributed by atoms with van der Waals surface area (Å²) >= 11 is 0. The van der Waals surface area contributed by atoms with Crippen LogP contribution in [0.2, 0.25) is 0 Å². The minimum Gasteiger partial charge on any atom is -0.497 e. The topological polar surface area (TPSA) is 62.9 Å². The van der Waals surface area contributed by atoms with Crippen LogP contribution in [0.3, 0.4) is 0 Å². The monoisotopic (exact) mass is 530 g/mol. The minimum absolute atomic E-state index is 0.254. The van der Waals surface area contributed by atoms with Gasteiger partial charge < -0.3 is 29.0 Å². The molecule has 1 aliphatic heterocycles. The van der Waals surface area contributed by atoms with Gasteiger partial charge in [-0.05, 0) is 55.9 Å². The molecule has 0 radical (unpaired) electrons. The van der Waals surface area contributed by atoms with E-state index in [4.69, 9.17) is 19.2 Å². The first-order valence-electron chi connectivity index (χ1n) is 13.3. The Morgan fingerprint density at radius 3 is 2.23 bits per heavy atom. The number of benzene rings is 3. The van der Waals surface area contributed by atoms with Gasteiger partial charge in [-0.25, -0.2) is 9.37 Å². The number of rotatable bonds is 10. The maximum atomic E-state index is 15.1. The summed E-state index contributed by atoms with van der Waals surface area (Å²) in [5.74, 6) is 1.87. The average Bonchev–Trinajstić information content (AvgIpc) is 3.43. The Labute approximate surface area is 229 Å².